The zero-order valence-electron chi connectivity index (χ0n) is 9.35. The van der Waals surface area contributed by atoms with Crippen LogP contribution < -0.4 is 4.74 Å². The van der Waals surface area contributed by atoms with Crippen molar-refractivity contribution in [3.63, 3.8) is 0 Å². The van der Waals surface area contributed by atoms with E-state index in [0.29, 0.717) is 16.3 Å². The molecule has 0 spiro atoms. The van der Waals surface area contributed by atoms with E-state index in [1.807, 2.05) is 0 Å². The molecule has 0 atom stereocenters. The Balaban J connectivity index is 2.41. The number of carbonyl (C=O) groups excluding carboxylic acids is 1. The number of halogens is 2. The zero-order chi connectivity index (χ0) is 13.1. The van der Waals surface area contributed by atoms with Gasteiger partial charge in [-0.25, -0.2) is 4.98 Å². The summed E-state index contributed by atoms with van der Waals surface area (Å²) < 4.78 is 5.00. The van der Waals surface area contributed by atoms with Crippen molar-refractivity contribution in [2.45, 2.75) is 0 Å². The van der Waals surface area contributed by atoms with Gasteiger partial charge < -0.3 is 4.74 Å². The summed E-state index contributed by atoms with van der Waals surface area (Å²) in [5.41, 5.74) is 0.488. The fraction of sp³-hybridized carbons (Fsp3) is 0.0833. The number of ketones is 1. The number of aromatic nitrogens is 2. The SMILES string of the molecule is COc1cncc(C(=O)c2ncc(Cl)cc2Cl)c1. The van der Waals surface area contributed by atoms with Gasteiger partial charge in [0.25, 0.3) is 0 Å². The van der Waals surface area contributed by atoms with Crippen molar-refractivity contribution in [3.8, 4) is 5.75 Å². The van der Waals surface area contributed by atoms with Gasteiger partial charge in [-0.15, -0.1) is 0 Å². The lowest BCUT2D eigenvalue weighted by Gasteiger charge is -2.04. The molecule has 92 valence electrons. The topological polar surface area (TPSA) is 52.1 Å². The molecular formula is C12H8Cl2N2O2. The quantitative estimate of drug-likeness (QED) is 0.812. The second-order valence-electron chi connectivity index (χ2n) is 3.43. The smallest absolute Gasteiger partial charge is 0.214 e. The van der Waals surface area contributed by atoms with Gasteiger partial charge in [0, 0.05) is 18.0 Å². The minimum atomic E-state index is -0.330. The van der Waals surface area contributed by atoms with Crippen molar-refractivity contribution in [2.75, 3.05) is 7.11 Å². The average Bonchev–Trinajstić information content (AvgIpc) is 2.38. The fourth-order valence-electron chi connectivity index (χ4n) is 1.37. The first kappa shape index (κ1) is 12.8. The van der Waals surface area contributed by atoms with Gasteiger partial charge in [0.1, 0.15) is 11.4 Å². The Morgan fingerprint density at radius 1 is 1.22 bits per heavy atom. The first-order valence-corrected chi connectivity index (χ1v) is 5.72. The van der Waals surface area contributed by atoms with Crippen molar-refractivity contribution >= 4 is 29.0 Å². The van der Waals surface area contributed by atoms with E-state index in [1.54, 1.807) is 6.07 Å². The van der Waals surface area contributed by atoms with Gasteiger partial charge in [0.15, 0.2) is 0 Å². The predicted molar refractivity (Wildman–Crippen MR) is 68.5 cm³/mol. The molecule has 2 rings (SSSR count). The summed E-state index contributed by atoms with van der Waals surface area (Å²) in [5, 5.41) is 0.579. The molecule has 0 N–H and O–H groups in total. The summed E-state index contributed by atoms with van der Waals surface area (Å²) >= 11 is 11.7. The molecule has 2 aromatic rings. The third-order valence-electron chi connectivity index (χ3n) is 2.23. The van der Waals surface area contributed by atoms with Gasteiger partial charge in [-0.05, 0) is 12.1 Å². The minimum absolute atomic E-state index is 0.135. The van der Waals surface area contributed by atoms with E-state index in [-0.39, 0.29) is 16.5 Å². The number of rotatable bonds is 3. The highest BCUT2D eigenvalue weighted by Gasteiger charge is 2.15. The standard InChI is InChI=1S/C12H8Cl2N2O2/c1-18-9-2-7(4-15-6-9)12(17)11-10(14)3-8(13)5-16-11/h2-6H,1H3. The van der Waals surface area contributed by atoms with Crippen molar-refractivity contribution < 1.29 is 9.53 Å². The van der Waals surface area contributed by atoms with E-state index in [4.69, 9.17) is 27.9 Å². The second-order valence-corrected chi connectivity index (χ2v) is 4.27. The highest BCUT2D eigenvalue weighted by molar-refractivity contribution is 6.37. The zero-order valence-corrected chi connectivity index (χ0v) is 10.9. The van der Waals surface area contributed by atoms with Crippen molar-refractivity contribution in [3.05, 3.63) is 52.0 Å². The number of pyridine rings is 2. The van der Waals surface area contributed by atoms with Crippen LogP contribution in [-0.2, 0) is 0 Å². The van der Waals surface area contributed by atoms with Gasteiger partial charge in [0.2, 0.25) is 5.78 Å². The summed E-state index contributed by atoms with van der Waals surface area (Å²) in [4.78, 5) is 20.0. The maximum absolute atomic E-state index is 12.2. The van der Waals surface area contributed by atoms with Gasteiger partial charge >= 0.3 is 0 Å². The molecule has 0 aliphatic carbocycles. The fourth-order valence-corrected chi connectivity index (χ4v) is 1.84. The third-order valence-corrected chi connectivity index (χ3v) is 2.73. The summed E-state index contributed by atoms with van der Waals surface area (Å²) in [6.45, 7) is 0. The first-order valence-electron chi connectivity index (χ1n) is 4.96. The Bertz CT molecular complexity index is 602. The molecule has 2 heterocycles. The van der Waals surface area contributed by atoms with Crippen LogP contribution >= 0.6 is 23.2 Å². The second kappa shape index (κ2) is 5.33. The van der Waals surface area contributed by atoms with E-state index in [1.165, 1.54) is 31.8 Å². The molecule has 2 aromatic heterocycles. The number of ether oxygens (including phenoxy) is 1. The summed E-state index contributed by atoms with van der Waals surface area (Å²) in [6.07, 6.45) is 4.30. The maximum Gasteiger partial charge on any atom is 0.214 e. The van der Waals surface area contributed by atoms with E-state index in [0.717, 1.165) is 0 Å². The minimum Gasteiger partial charge on any atom is -0.495 e. The predicted octanol–water partition coefficient (Wildman–Crippen LogP) is 3.02. The van der Waals surface area contributed by atoms with Crippen molar-refractivity contribution in [1.82, 2.24) is 9.97 Å². The molecule has 0 radical (unpaired) electrons. The van der Waals surface area contributed by atoms with Crippen molar-refractivity contribution in [2.24, 2.45) is 0 Å². The van der Waals surface area contributed by atoms with E-state index in [9.17, 15) is 4.79 Å². The Labute approximate surface area is 114 Å². The molecule has 0 unspecified atom stereocenters. The Hall–Kier alpha value is -1.65. The molecule has 4 nitrogen and oxygen atoms in total. The Morgan fingerprint density at radius 2 is 2.00 bits per heavy atom. The van der Waals surface area contributed by atoms with Gasteiger partial charge in [-0.1, -0.05) is 23.2 Å². The van der Waals surface area contributed by atoms with Crippen LogP contribution in [0.25, 0.3) is 0 Å². The average molecular weight is 283 g/mol. The maximum atomic E-state index is 12.2. The Morgan fingerprint density at radius 3 is 2.67 bits per heavy atom. The number of nitrogens with zero attached hydrogens (tertiary/aromatic N) is 2. The number of hydrogen-bond donors (Lipinski definition) is 0. The molecule has 0 saturated carbocycles. The van der Waals surface area contributed by atoms with E-state index >= 15 is 0 Å². The third kappa shape index (κ3) is 2.60. The van der Waals surface area contributed by atoms with Crippen LogP contribution in [0, 0.1) is 0 Å². The normalized spacial score (nSPS) is 10.2. The lowest BCUT2D eigenvalue weighted by atomic mass is 10.1. The Kier molecular flexibility index (Phi) is 3.79. The summed E-state index contributed by atoms with van der Waals surface area (Å²) in [5.74, 6) is 0.161. The van der Waals surface area contributed by atoms with E-state index < -0.39 is 0 Å². The molecule has 0 aromatic carbocycles. The lowest BCUT2D eigenvalue weighted by molar-refractivity contribution is 0.103. The van der Waals surface area contributed by atoms with Gasteiger partial charge in [0.05, 0.1) is 23.4 Å². The lowest BCUT2D eigenvalue weighted by Crippen LogP contribution is -2.05. The molecule has 0 saturated heterocycles. The van der Waals surface area contributed by atoms with Crippen LogP contribution in [0.15, 0.2) is 30.7 Å². The van der Waals surface area contributed by atoms with Gasteiger partial charge in [-0.3, -0.25) is 9.78 Å². The van der Waals surface area contributed by atoms with Crippen LogP contribution in [0.4, 0.5) is 0 Å². The highest BCUT2D eigenvalue weighted by atomic mass is 35.5. The molecule has 0 bridgehead atoms. The number of methoxy groups -OCH3 is 1. The molecule has 18 heavy (non-hydrogen) atoms. The van der Waals surface area contributed by atoms with Crippen LogP contribution in [-0.4, -0.2) is 22.9 Å². The molecule has 0 aliphatic rings. The van der Waals surface area contributed by atoms with Crippen LogP contribution in [0.2, 0.25) is 10.0 Å². The summed E-state index contributed by atoms with van der Waals surface area (Å²) in [7, 11) is 1.50. The number of carbonyl (C=O) groups is 1. The largest absolute Gasteiger partial charge is 0.495 e. The van der Waals surface area contributed by atoms with E-state index in [2.05, 4.69) is 9.97 Å². The molecular weight excluding hydrogens is 275 g/mol. The number of hydrogen-bond acceptors (Lipinski definition) is 4. The monoisotopic (exact) mass is 282 g/mol. The molecule has 0 aliphatic heterocycles. The summed E-state index contributed by atoms with van der Waals surface area (Å²) in [6, 6.07) is 3.04. The molecule has 0 fully saturated rings. The molecule has 0 amide bonds. The highest BCUT2D eigenvalue weighted by Crippen LogP contribution is 2.22. The van der Waals surface area contributed by atoms with Crippen LogP contribution in [0.5, 0.6) is 5.75 Å². The van der Waals surface area contributed by atoms with Crippen LogP contribution in [0.3, 0.4) is 0 Å². The van der Waals surface area contributed by atoms with Crippen molar-refractivity contribution in [1.29, 1.82) is 0 Å². The van der Waals surface area contributed by atoms with Crippen LogP contribution in [0.1, 0.15) is 16.1 Å². The molecule has 6 heteroatoms. The first-order chi connectivity index (χ1) is 8.61. The van der Waals surface area contributed by atoms with Gasteiger partial charge in [-0.2, -0.15) is 0 Å².